The number of ether oxygens (including phenoxy) is 1. The standard InChI is InChI=1S/C31H34F3N5O4S.ClH/c1-4-20-15-21(5-6-25(20)43-14-9-19-7-12-37(13-8-19)30(10-11-30)27(41)42)39-28(44)38(26(40)29(39,2)3)22-16-23(31(32,33)34)24(17-35)36-18-22;/h5-6,15-16,18-19H,4,7-14H2,1-3H3,(H,41,42);1H. The van der Waals surface area contributed by atoms with Crippen LogP contribution >= 0.6 is 24.6 Å². The number of nitrogens with zero attached hydrogens (tertiary/aromatic N) is 5. The number of thiocarbonyl (C=S) groups is 1. The molecule has 1 saturated carbocycles. The first-order valence-electron chi connectivity index (χ1n) is 14.6. The second-order valence-corrected chi connectivity index (χ2v) is 12.4. The van der Waals surface area contributed by atoms with Gasteiger partial charge in [-0.1, -0.05) is 6.92 Å². The van der Waals surface area contributed by atoms with Gasteiger partial charge in [-0.05, 0) is 113 Å². The smallest absolute Gasteiger partial charge is 0.419 e. The first-order valence-corrected chi connectivity index (χ1v) is 15.1. The van der Waals surface area contributed by atoms with Crippen molar-refractivity contribution in [3.63, 3.8) is 0 Å². The number of likely N-dealkylation sites (tertiary alicyclic amines) is 1. The molecule has 0 radical (unpaired) electrons. The van der Waals surface area contributed by atoms with E-state index in [9.17, 15) is 27.9 Å². The van der Waals surface area contributed by atoms with Crippen LogP contribution in [0.5, 0.6) is 5.75 Å². The van der Waals surface area contributed by atoms with Crippen molar-refractivity contribution >= 4 is 53.0 Å². The Bertz CT molecular complexity index is 1530. The van der Waals surface area contributed by atoms with Crippen LogP contribution in [0.25, 0.3) is 0 Å². The number of carbonyl (C=O) groups excluding carboxylic acids is 1. The van der Waals surface area contributed by atoms with Crippen molar-refractivity contribution in [1.29, 1.82) is 5.26 Å². The summed E-state index contributed by atoms with van der Waals surface area (Å²) < 4.78 is 47.0. The van der Waals surface area contributed by atoms with E-state index in [-0.39, 0.29) is 23.2 Å². The second kappa shape index (κ2) is 12.7. The number of anilines is 2. The number of hydrogen-bond acceptors (Lipinski definition) is 7. The van der Waals surface area contributed by atoms with Gasteiger partial charge in [-0.2, -0.15) is 18.4 Å². The van der Waals surface area contributed by atoms with Gasteiger partial charge < -0.3 is 14.7 Å². The number of nitriles is 1. The van der Waals surface area contributed by atoms with Crippen molar-refractivity contribution in [1.82, 2.24) is 9.88 Å². The van der Waals surface area contributed by atoms with Gasteiger partial charge in [0.15, 0.2) is 10.8 Å². The lowest BCUT2D eigenvalue weighted by Gasteiger charge is -2.36. The minimum Gasteiger partial charge on any atom is -0.493 e. The summed E-state index contributed by atoms with van der Waals surface area (Å²) in [5.74, 6) is -0.0856. The van der Waals surface area contributed by atoms with Crippen LogP contribution in [0.4, 0.5) is 24.5 Å². The Hall–Kier alpha value is -3.47. The number of piperidine rings is 1. The number of pyridine rings is 1. The molecule has 0 spiro atoms. The van der Waals surface area contributed by atoms with Gasteiger partial charge in [0.1, 0.15) is 22.9 Å². The number of halogens is 4. The summed E-state index contributed by atoms with van der Waals surface area (Å²) in [5, 5.41) is 18.7. The number of carboxylic acids is 1. The Labute approximate surface area is 271 Å². The van der Waals surface area contributed by atoms with Crippen LogP contribution < -0.4 is 14.5 Å². The molecule has 3 fully saturated rings. The van der Waals surface area contributed by atoms with E-state index in [1.165, 1.54) is 6.07 Å². The van der Waals surface area contributed by atoms with Crippen LogP contribution in [0.2, 0.25) is 0 Å². The molecule has 3 aliphatic rings. The Morgan fingerprint density at radius 2 is 1.87 bits per heavy atom. The topological polar surface area (TPSA) is 110 Å². The molecule has 1 aromatic heterocycles. The van der Waals surface area contributed by atoms with Crippen molar-refractivity contribution in [2.45, 2.75) is 76.6 Å². The number of aromatic nitrogens is 1. The highest BCUT2D eigenvalue weighted by Gasteiger charge is 2.55. The first-order chi connectivity index (χ1) is 20.7. The Morgan fingerprint density at radius 1 is 1.20 bits per heavy atom. The largest absolute Gasteiger partial charge is 0.493 e. The Balaban J connectivity index is 0.00000461. The zero-order chi connectivity index (χ0) is 32.0. The molecule has 14 heteroatoms. The molecular formula is C31H35ClF3N5O4S. The summed E-state index contributed by atoms with van der Waals surface area (Å²) >= 11 is 5.64. The SMILES string of the molecule is CCc1cc(N2C(=S)N(c3cnc(C#N)c(C(F)(F)F)c3)C(=O)C2(C)C)ccc1OCCC1CCN(C2(C(=O)O)CC2)CC1.Cl. The molecular weight excluding hydrogens is 631 g/mol. The zero-order valence-corrected chi connectivity index (χ0v) is 26.8. The number of aryl methyl sites for hydroxylation is 1. The van der Waals surface area contributed by atoms with E-state index in [0.29, 0.717) is 30.4 Å². The minimum atomic E-state index is -4.84. The number of aliphatic carboxylic acids is 1. The molecule has 0 bridgehead atoms. The van der Waals surface area contributed by atoms with Gasteiger partial charge in [0, 0.05) is 5.69 Å². The molecule has 242 valence electrons. The van der Waals surface area contributed by atoms with E-state index in [2.05, 4.69) is 9.88 Å². The minimum absolute atomic E-state index is 0. The van der Waals surface area contributed by atoms with Gasteiger partial charge in [-0.15, -0.1) is 12.4 Å². The average Bonchev–Trinajstić information content (AvgIpc) is 3.77. The number of benzene rings is 1. The number of carboxylic acid groups (broad SMARTS) is 1. The highest BCUT2D eigenvalue weighted by atomic mass is 35.5. The molecule has 1 N–H and O–H groups in total. The number of alkyl halides is 3. The highest BCUT2D eigenvalue weighted by molar-refractivity contribution is 7.81. The van der Waals surface area contributed by atoms with Crippen molar-refractivity contribution in [2.75, 3.05) is 29.5 Å². The fourth-order valence-corrected chi connectivity index (χ4v) is 6.75. The normalized spacial score (nSPS) is 19.7. The van der Waals surface area contributed by atoms with Crippen LogP contribution in [-0.4, -0.2) is 62.8 Å². The predicted molar refractivity (Wildman–Crippen MR) is 168 cm³/mol. The summed E-state index contributed by atoms with van der Waals surface area (Å²) in [6, 6.07) is 7.64. The fourth-order valence-electron chi connectivity index (χ4n) is 6.23. The van der Waals surface area contributed by atoms with Crippen LogP contribution in [0, 0.1) is 17.2 Å². The maximum Gasteiger partial charge on any atom is 0.419 e. The van der Waals surface area contributed by atoms with Gasteiger partial charge in [0.2, 0.25) is 0 Å². The van der Waals surface area contributed by atoms with E-state index in [4.69, 9.17) is 22.2 Å². The third kappa shape index (κ3) is 6.33. The second-order valence-electron chi connectivity index (χ2n) is 12.1. The lowest BCUT2D eigenvalue weighted by Crippen LogP contribution is -2.47. The van der Waals surface area contributed by atoms with E-state index in [1.807, 2.05) is 19.1 Å². The molecule has 1 amide bonds. The molecule has 1 aliphatic carbocycles. The van der Waals surface area contributed by atoms with E-state index < -0.39 is 40.4 Å². The Kier molecular flexibility index (Phi) is 9.73. The summed E-state index contributed by atoms with van der Waals surface area (Å²) in [5.41, 5.74) is -2.57. The number of hydrogen-bond donors (Lipinski definition) is 1. The molecule has 2 aliphatic heterocycles. The van der Waals surface area contributed by atoms with Crippen LogP contribution in [0.1, 0.15) is 69.7 Å². The van der Waals surface area contributed by atoms with Crippen LogP contribution in [-0.2, 0) is 22.2 Å². The lowest BCUT2D eigenvalue weighted by atomic mass is 9.92. The summed E-state index contributed by atoms with van der Waals surface area (Å²) in [6.07, 6.45) is 1.01. The van der Waals surface area contributed by atoms with Crippen LogP contribution in [0.15, 0.2) is 30.5 Å². The predicted octanol–water partition coefficient (Wildman–Crippen LogP) is 5.97. The van der Waals surface area contributed by atoms with E-state index >= 15 is 0 Å². The third-order valence-electron chi connectivity index (χ3n) is 9.02. The van der Waals surface area contributed by atoms with Crippen molar-refractivity contribution in [3.8, 4) is 11.8 Å². The van der Waals surface area contributed by atoms with Crippen LogP contribution in [0.3, 0.4) is 0 Å². The van der Waals surface area contributed by atoms with Crippen molar-refractivity contribution in [3.05, 3.63) is 47.3 Å². The lowest BCUT2D eigenvalue weighted by molar-refractivity contribution is -0.146. The highest BCUT2D eigenvalue weighted by Crippen LogP contribution is 2.44. The number of amides is 1. The number of carbonyl (C=O) groups is 2. The third-order valence-corrected chi connectivity index (χ3v) is 9.38. The van der Waals surface area contributed by atoms with Gasteiger partial charge in [-0.25, -0.2) is 4.98 Å². The Morgan fingerprint density at radius 3 is 2.42 bits per heavy atom. The number of rotatable bonds is 9. The van der Waals surface area contributed by atoms with Gasteiger partial charge in [0.05, 0.1) is 24.1 Å². The summed E-state index contributed by atoms with van der Waals surface area (Å²) in [4.78, 5) is 33.6. The molecule has 0 atom stereocenters. The zero-order valence-electron chi connectivity index (χ0n) is 25.2. The monoisotopic (exact) mass is 665 g/mol. The molecule has 0 unspecified atom stereocenters. The molecule has 45 heavy (non-hydrogen) atoms. The summed E-state index contributed by atoms with van der Waals surface area (Å²) in [7, 11) is 0. The summed E-state index contributed by atoms with van der Waals surface area (Å²) in [6.45, 7) is 7.34. The van der Waals surface area contributed by atoms with Gasteiger partial charge in [0.25, 0.3) is 5.91 Å². The van der Waals surface area contributed by atoms with Gasteiger partial charge in [-0.3, -0.25) is 19.4 Å². The molecule has 5 rings (SSSR count). The van der Waals surface area contributed by atoms with Crippen molar-refractivity contribution < 1.29 is 32.6 Å². The maximum absolute atomic E-state index is 13.6. The van der Waals surface area contributed by atoms with E-state index in [0.717, 1.165) is 67.9 Å². The average molecular weight is 666 g/mol. The molecule has 2 aromatic rings. The molecule has 1 aromatic carbocycles. The fraction of sp³-hybridized carbons (Fsp3) is 0.516. The van der Waals surface area contributed by atoms with Gasteiger partial charge >= 0.3 is 12.1 Å². The maximum atomic E-state index is 13.6. The quantitative estimate of drug-likeness (QED) is 0.324. The van der Waals surface area contributed by atoms with Crippen molar-refractivity contribution in [2.24, 2.45) is 5.92 Å². The van der Waals surface area contributed by atoms with E-state index in [1.54, 1.807) is 24.8 Å². The molecule has 9 nitrogen and oxygen atoms in total. The molecule has 2 saturated heterocycles. The molecule has 3 heterocycles. The first kappa shape index (κ1) is 34.4.